The van der Waals surface area contributed by atoms with Crippen molar-refractivity contribution < 1.29 is 26.9 Å². The van der Waals surface area contributed by atoms with Gasteiger partial charge < -0.3 is 24.6 Å². The molecule has 196 valence electrons. The average Bonchev–Trinajstić information content (AvgIpc) is 3.59. The van der Waals surface area contributed by atoms with Gasteiger partial charge in [0.15, 0.2) is 0 Å². The van der Waals surface area contributed by atoms with Crippen LogP contribution >= 0.6 is 11.3 Å². The number of amides is 1. The van der Waals surface area contributed by atoms with E-state index in [-0.39, 0.29) is 36.4 Å². The zero-order valence-electron chi connectivity index (χ0n) is 19.8. The molecule has 1 saturated heterocycles. The maximum atomic E-state index is 14.7. The van der Waals surface area contributed by atoms with Crippen molar-refractivity contribution >= 4 is 33.8 Å². The monoisotopic (exact) mass is 536 g/mol. The number of piperidine rings is 1. The Bertz CT molecular complexity index is 1380. The summed E-state index contributed by atoms with van der Waals surface area (Å²) < 4.78 is 61.6. The van der Waals surface area contributed by atoms with Gasteiger partial charge in [-0.2, -0.15) is 18.2 Å². The van der Waals surface area contributed by atoms with Gasteiger partial charge in [0.05, 0.1) is 28.7 Å². The van der Waals surface area contributed by atoms with E-state index < -0.39 is 24.9 Å². The van der Waals surface area contributed by atoms with Crippen molar-refractivity contribution in [3.05, 3.63) is 52.5 Å². The van der Waals surface area contributed by atoms with Gasteiger partial charge in [0.1, 0.15) is 12.7 Å². The Morgan fingerprint density at radius 3 is 2.84 bits per heavy atom. The highest BCUT2D eigenvalue weighted by atomic mass is 32.1. The fourth-order valence-corrected chi connectivity index (χ4v) is 5.09. The summed E-state index contributed by atoms with van der Waals surface area (Å²) in [5, 5.41) is 12.0. The van der Waals surface area contributed by atoms with Crippen LogP contribution in [0.4, 0.5) is 23.2 Å². The number of rotatable bonds is 7. The van der Waals surface area contributed by atoms with Gasteiger partial charge in [0.2, 0.25) is 11.7 Å². The third kappa shape index (κ3) is 5.62. The second-order valence-corrected chi connectivity index (χ2v) is 9.91. The topological polar surface area (TPSA) is 88.2 Å². The SMILES string of the molecule is CN1CC[C@@H](Nc2cccc3c2cc(-c2noc(CNC(=O)c4cccs4)n2)n3CC(F)(F)F)[C@@H](F)C1. The molecule has 5 rings (SSSR count). The molecule has 1 aliphatic heterocycles. The summed E-state index contributed by atoms with van der Waals surface area (Å²) >= 11 is 1.27. The molecule has 13 heteroatoms. The first-order chi connectivity index (χ1) is 17.7. The normalized spacial score (nSPS) is 18.8. The Kier molecular flexibility index (Phi) is 6.90. The zero-order valence-corrected chi connectivity index (χ0v) is 20.6. The number of likely N-dealkylation sites (tertiary alicyclic amines) is 1. The smallest absolute Gasteiger partial charge is 0.379 e. The van der Waals surface area contributed by atoms with Crippen molar-refractivity contribution in [2.45, 2.75) is 37.9 Å². The van der Waals surface area contributed by atoms with Crippen LogP contribution in [0.1, 0.15) is 22.0 Å². The molecule has 37 heavy (non-hydrogen) atoms. The molecule has 2 N–H and O–H groups in total. The Morgan fingerprint density at radius 1 is 1.27 bits per heavy atom. The van der Waals surface area contributed by atoms with Crippen molar-refractivity contribution in [3.63, 3.8) is 0 Å². The number of thiophene rings is 1. The van der Waals surface area contributed by atoms with E-state index in [1.54, 1.807) is 41.8 Å². The van der Waals surface area contributed by atoms with E-state index >= 15 is 0 Å². The second kappa shape index (κ2) is 10.1. The number of nitrogens with zero attached hydrogens (tertiary/aromatic N) is 4. The number of aromatic nitrogens is 3. The number of nitrogens with one attached hydrogen (secondary N) is 2. The second-order valence-electron chi connectivity index (χ2n) is 8.96. The Morgan fingerprint density at radius 2 is 2.11 bits per heavy atom. The van der Waals surface area contributed by atoms with E-state index in [9.17, 15) is 22.4 Å². The van der Waals surface area contributed by atoms with Crippen molar-refractivity contribution in [1.82, 2.24) is 24.9 Å². The van der Waals surface area contributed by atoms with E-state index in [1.807, 2.05) is 11.9 Å². The number of anilines is 1. The van der Waals surface area contributed by atoms with Gasteiger partial charge in [-0.05, 0) is 43.1 Å². The molecule has 2 atom stereocenters. The Labute approximate surface area is 213 Å². The summed E-state index contributed by atoms with van der Waals surface area (Å²) in [5.74, 6) is -0.320. The minimum absolute atomic E-state index is 0.0468. The predicted molar refractivity (Wildman–Crippen MR) is 131 cm³/mol. The third-order valence-corrected chi connectivity index (χ3v) is 7.08. The van der Waals surface area contributed by atoms with Gasteiger partial charge in [0, 0.05) is 24.2 Å². The molecular weight excluding hydrogens is 512 g/mol. The summed E-state index contributed by atoms with van der Waals surface area (Å²) in [6.07, 6.45) is -5.06. The average molecular weight is 537 g/mol. The van der Waals surface area contributed by atoms with Crippen LogP contribution in [-0.2, 0) is 13.1 Å². The molecule has 0 bridgehead atoms. The van der Waals surface area contributed by atoms with Crippen LogP contribution in [0.25, 0.3) is 22.4 Å². The summed E-state index contributed by atoms with van der Waals surface area (Å²) in [6.45, 7) is -0.357. The predicted octanol–water partition coefficient (Wildman–Crippen LogP) is 4.70. The molecule has 0 unspecified atom stereocenters. The van der Waals surface area contributed by atoms with Crippen LogP contribution in [0.15, 0.2) is 46.3 Å². The van der Waals surface area contributed by atoms with Crippen LogP contribution in [0.5, 0.6) is 0 Å². The standard InChI is InChI=1S/C24H24F4N6O2S/c1-33-8-7-17(15(25)12-33)30-16-4-2-5-18-14(16)10-19(34(18)13-24(26,27)28)22-31-21(36-32-22)11-29-23(35)20-6-3-9-37-20/h2-6,9-10,15,17,30H,7-8,11-13H2,1H3,(H,29,35)/t15-,17+/m0/s1. The highest BCUT2D eigenvalue weighted by molar-refractivity contribution is 7.12. The lowest BCUT2D eigenvalue weighted by Gasteiger charge is -2.33. The molecule has 3 aromatic heterocycles. The lowest BCUT2D eigenvalue weighted by Crippen LogP contribution is -2.46. The minimum Gasteiger partial charge on any atom is -0.379 e. The van der Waals surface area contributed by atoms with E-state index in [0.717, 1.165) is 4.57 Å². The molecule has 0 saturated carbocycles. The maximum Gasteiger partial charge on any atom is 0.406 e. The molecular formula is C24H24F4N6O2S. The van der Waals surface area contributed by atoms with Crippen LogP contribution in [-0.4, -0.2) is 64.0 Å². The Hall–Kier alpha value is -3.45. The number of carbonyl (C=O) groups is 1. The molecule has 1 amide bonds. The molecule has 4 aromatic rings. The summed E-state index contributed by atoms with van der Waals surface area (Å²) in [7, 11) is 1.85. The van der Waals surface area contributed by atoms with E-state index in [0.29, 0.717) is 34.4 Å². The minimum atomic E-state index is -4.51. The highest BCUT2D eigenvalue weighted by Gasteiger charge is 2.32. The van der Waals surface area contributed by atoms with Crippen molar-refractivity contribution in [1.29, 1.82) is 0 Å². The number of hydrogen-bond donors (Lipinski definition) is 2. The quantitative estimate of drug-likeness (QED) is 0.333. The third-order valence-electron chi connectivity index (χ3n) is 6.21. The van der Waals surface area contributed by atoms with Crippen molar-refractivity contribution in [2.24, 2.45) is 0 Å². The van der Waals surface area contributed by atoms with Crippen molar-refractivity contribution in [2.75, 3.05) is 25.5 Å². The fourth-order valence-electron chi connectivity index (χ4n) is 4.45. The van der Waals surface area contributed by atoms with Gasteiger partial charge in [-0.3, -0.25) is 4.79 Å². The number of hydrogen-bond acceptors (Lipinski definition) is 7. The molecule has 1 aliphatic rings. The lowest BCUT2D eigenvalue weighted by atomic mass is 10.0. The van der Waals surface area contributed by atoms with Gasteiger partial charge in [0.25, 0.3) is 5.91 Å². The van der Waals surface area contributed by atoms with Gasteiger partial charge in [-0.25, -0.2) is 4.39 Å². The fraction of sp³-hybridized carbons (Fsp3) is 0.375. The number of alkyl halides is 4. The van der Waals surface area contributed by atoms with Crippen LogP contribution < -0.4 is 10.6 Å². The zero-order chi connectivity index (χ0) is 26.2. The maximum absolute atomic E-state index is 14.7. The summed E-state index contributed by atoms with van der Waals surface area (Å²) in [6, 6.07) is 9.41. The molecule has 0 spiro atoms. The molecule has 8 nitrogen and oxygen atoms in total. The molecule has 1 fully saturated rings. The number of benzene rings is 1. The van der Waals surface area contributed by atoms with E-state index in [2.05, 4.69) is 20.8 Å². The van der Waals surface area contributed by atoms with Crippen LogP contribution in [0, 0.1) is 0 Å². The molecule has 4 heterocycles. The van der Waals surface area contributed by atoms with E-state index in [4.69, 9.17) is 4.52 Å². The number of halogens is 4. The van der Waals surface area contributed by atoms with Crippen LogP contribution in [0.2, 0.25) is 0 Å². The first kappa shape index (κ1) is 25.2. The van der Waals surface area contributed by atoms with Crippen LogP contribution in [0.3, 0.4) is 0 Å². The van der Waals surface area contributed by atoms with E-state index in [1.165, 1.54) is 11.3 Å². The molecule has 1 aromatic carbocycles. The highest BCUT2D eigenvalue weighted by Crippen LogP contribution is 2.35. The van der Waals surface area contributed by atoms with Gasteiger partial charge in [-0.15, -0.1) is 11.3 Å². The van der Waals surface area contributed by atoms with Gasteiger partial charge >= 0.3 is 6.18 Å². The summed E-state index contributed by atoms with van der Waals surface area (Å²) in [5.41, 5.74) is 0.933. The first-order valence-corrected chi connectivity index (χ1v) is 12.5. The van der Waals surface area contributed by atoms with Gasteiger partial charge in [-0.1, -0.05) is 17.3 Å². The first-order valence-electron chi connectivity index (χ1n) is 11.6. The molecule has 0 radical (unpaired) electrons. The van der Waals surface area contributed by atoms with Crippen molar-refractivity contribution in [3.8, 4) is 11.5 Å². The summed E-state index contributed by atoms with van der Waals surface area (Å²) in [4.78, 5) is 18.8. The number of fused-ring (bicyclic) bond motifs is 1. The molecule has 0 aliphatic carbocycles. The largest absolute Gasteiger partial charge is 0.406 e. The lowest BCUT2D eigenvalue weighted by molar-refractivity contribution is -0.139. The Balaban J connectivity index is 1.45. The number of carbonyl (C=O) groups excluding carboxylic acids is 1.